The number of unbranched alkanes of at least 4 members (excludes halogenated alkanes) is 2. The lowest BCUT2D eigenvalue weighted by Gasteiger charge is -2.06. The number of carbonyl (C=O) groups is 1. The minimum absolute atomic E-state index is 0.354. The zero-order chi connectivity index (χ0) is 16.2. The van der Waals surface area contributed by atoms with Crippen molar-refractivity contribution in [3.8, 4) is 5.75 Å². The van der Waals surface area contributed by atoms with Crippen molar-refractivity contribution in [2.24, 2.45) is 5.10 Å². The van der Waals surface area contributed by atoms with Gasteiger partial charge in [0.15, 0.2) is 11.7 Å². The summed E-state index contributed by atoms with van der Waals surface area (Å²) in [4.78, 5) is 10.4. The highest BCUT2D eigenvalue weighted by Gasteiger charge is 1.98. The van der Waals surface area contributed by atoms with Gasteiger partial charge in [-0.3, -0.25) is 5.43 Å². The first-order valence-corrected chi connectivity index (χ1v) is 7.54. The van der Waals surface area contributed by atoms with Crippen LogP contribution in [0.1, 0.15) is 31.7 Å². The van der Waals surface area contributed by atoms with E-state index in [1.807, 2.05) is 0 Å². The van der Waals surface area contributed by atoms with Gasteiger partial charge in [0.25, 0.3) is 0 Å². The summed E-state index contributed by atoms with van der Waals surface area (Å²) in [6.45, 7) is 2.64. The average molecular weight is 323 g/mol. The summed E-state index contributed by atoms with van der Waals surface area (Å²) in [7, 11) is 0. The third-order valence-electron chi connectivity index (χ3n) is 2.69. The van der Waals surface area contributed by atoms with Gasteiger partial charge >= 0.3 is 5.97 Å². The van der Waals surface area contributed by atoms with Gasteiger partial charge in [0.05, 0.1) is 6.21 Å². The average Bonchev–Trinajstić information content (AvgIpc) is 2.51. The largest absolute Gasteiger partial charge is 0.482 e. The summed E-state index contributed by atoms with van der Waals surface area (Å²) in [5.74, 6) is -0.504. The molecule has 6 nitrogen and oxygen atoms in total. The fraction of sp³-hybridized carbons (Fsp3) is 0.400. The van der Waals surface area contributed by atoms with Crippen LogP contribution in [0.15, 0.2) is 29.4 Å². The first-order valence-electron chi connectivity index (χ1n) is 7.13. The van der Waals surface area contributed by atoms with Gasteiger partial charge in [-0.1, -0.05) is 19.8 Å². The maximum Gasteiger partial charge on any atom is 0.341 e. The Morgan fingerprint density at radius 2 is 2.09 bits per heavy atom. The molecule has 0 aromatic heterocycles. The van der Waals surface area contributed by atoms with Crippen LogP contribution in [0.5, 0.6) is 5.75 Å². The summed E-state index contributed by atoms with van der Waals surface area (Å²) in [6, 6.07) is 6.93. The smallest absolute Gasteiger partial charge is 0.341 e. The molecule has 1 aromatic carbocycles. The zero-order valence-corrected chi connectivity index (χ0v) is 13.4. The number of benzene rings is 1. The molecule has 0 aliphatic carbocycles. The molecule has 22 heavy (non-hydrogen) atoms. The van der Waals surface area contributed by atoms with E-state index in [1.54, 1.807) is 30.5 Å². The second kappa shape index (κ2) is 10.6. The number of hydrogen-bond donors (Lipinski definition) is 3. The van der Waals surface area contributed by atoms with Gasteiger partial charge < -0.3 is 15.2 Å². The fourth-order valence-electron chi connectivity index (χ4n) is 1.58. The number of aliphatic carboxylic acids is 1. The predicted molar refractivity (Wildman–Crippen MR) is 90.4 cm³/mol. The van der Waals surface area contributed by atoms with E-state index in [0.717, 1.165) is 18.5 Å². The molecule has 0 atom stereocenters. The molecule has 7 heteroatoms. The lowest BCUT2D eigenvalue weighted by Crippen LogP contribution is -2.32. The number of thiocarbonyl (C=S) groups is 1. The Kier molecular flexibility index (Phi) is 8.59. The first-order chi connectivity index (χ1) is 10.6. The van der Waals surface area contributed by atoms with Crippen LogP contribution in [-0.4, -0.2) is 35.6 Å². The van der Waals surface area contributed by atoms with Gasteiger partial charge in [-0.2, -0.15) is 5.10 Å². The number of carboxylic acid groups (broad SMARTS) is 1. The minimum atomic E-state index is -1.00. The van der Waals surface area contributed by atoms with E-state index >= 15 is 0 Å². The van der Waals surface area contributed by atoms with Gasteiger partial charge in [0.2, 0.25) is 0 Å². The molecule has 3 N–H and O–H groups in total. The normalized spacial score (nSPS) is 10.4. The molecule has 0 saturated carbocycles. The van der Waals surface area contributed by atoms with Crippen molar-refractivity contribution in [2.45, 2.75) is 26.2 Å². The maximum atomic E-state index is 10.4. The molecule has 0 amide bonds. The molecule has 0 radical (unpaired) electrons. The Morgan fingerprint density at radius 3 is 2.73 bits per heavy atom. The van der Waals surface area contributed by atoms with Crippen LogP contribution < -0.4 is 15.5 Å². The summed E-state index contributed by atoms with van der Waals surface area (Å²) < 4.78 is 5.04. The third kappa shape index (κ3) is 8.21. The quantitative estimate of drug-likeness (QED) is 0.279. The Bertz CT molecular complexity index is 503. The standard InChI is InChI=1S/C15H21N3O3S/c1-2-3-4-9-16-15(22)18-17-10-12-5-7-13(8-6-12)21-11-14(19)20/h5-8,10H,2-4,9,11H2,1H3,(H,19,20)(H2,16,18,22)/b17-10-. The van der Waals surface area contributed by atoms with Gasteiger partial charge in [0, 0.05) is 6.54 Å². The summed E-state index contributed by atoms with van der Waals surface area (Å²) in [5.41, 5.74) is 3.59. The summed E-state index contributed by atoms with van der Waals surface area (Å²) >= 11 is 5.09. The van der Waals surface area contributed by atoms with Gasteiger partial charge in [0.1, 0.15) is 5.75 Å². The van der Waals surface area contributed by atoms with Gasteiger partial charge in [-0.15, -0.1) is 0 Å². The summed E-state index contributed by atoms with van der Waals surface area (Å²) in [5, 5.41) is 16.1. The Morgan fingerprint density at radius 1 is 1.36 bits per heavy atom. The van der Waals surface area contributed by atoms with E-state index in [9.17, 15) is 4.79 Å². The van der Waals surface area contributed by atoms with Gasteiger partial charge in [-0.05, 0) is 48.5 Å². The topological polar surface area (TPSA) is 83.0 Å². The number of carboxylic acids is 1. The van der Waals surface area contributed by atoms with Crippen LogP contribution in [0.4, 0.5) is 0 Å². The number of hydrazone groups is 1. The molecule has 1 rings (SSSR count). The SMILES string of the molecule is CCCCCNC(=S)N/N=C\c1ccc(OCC(=O)O)cc1. The van der Waals surface area contributed by atoms with Crippen molar-refractivity contribution in [3.63, 3.8) is 0 Å². The lowest BCUT2D eigenvalue weighted by molar-refractivity contribution is -0.139. The molecule has 120 valence electrons. The molecule has 0 fully saturated rings. The first kappa shape index (κ1) is 17.9. The lowest BCUT2D eigenvalue weighted by atomic mass is 10.2. The molecular weight excluding hydrogens is 302 g/mol. The molecule has 1 aromatic rings. The van der Waals surface area contributed by atoms with Crippen molar-refractivity contribution in [1.29, 1.82) is 0 Å². The molecular formula is C15H21N3O3S. The van der Waals surface area contributed by atoms with E-state index < -0.39 is 5.97 Å². The molecule has 0 unspecified atom stereocenters. The van der Waals surface area contributed by atoms with Crippen LogP contribution in [0.2, 0.25) is 0 Å². The predicted octanol–water partition coefficient (Wildman–Crippen LogP) is 2.14. The molecule has 0 bridgehead atoms. The number of nitrogens with one attached hydrogen (secondary N) is 2. The zero-order valence-electron chi connectivity index (χ0n) is 12.5. The minimum Gasteiger partial charge on any atom is -0.482 e. The number of ether oxygens (including phenoxy) is 1. The van der Waals surface area contributed by atoms with Crippen LogP contribution in [-0.2, 0) is 4.79 Å². The highest BCUT2D eigenvalue weighted by Crippen LogP contribution is 2.10. The third-order valence-corrected chi connectivity index (χ3v) is 2.92. The molecule has 0 aliphatic heterocycles. The van der Waals surface area contributed by atoms with E-state index in [-0.39, 0.29) is 6.61 Å². The van der Waals surface area contributed by atoms with Gasteiger partial charge in [-0.25, -0.2) is 4.79 Å². The van der Waals surface area contributed by atoms with Crippen molar-refractivity contribution in [3.05, 3.63) is 29.8 Å². The number of hydrogen-bond acceptors (Lipinski definition) is 4. The van der Waals surface area contributed by atoms with Crippen LogP contribution in [0, 0.1) is 0 Å². The van der Waals surface area contributed by atoms with E-state index in [4.69, 9.17) is 22.1 Å². The molecule has 0 aliphatic rings. The second-order valence-corrected chi connectivity index (χ2v) is 4.99. The number of nitrogens with zero attached hydrogens (tertiary/aromatic N) is 1. The Balaban J connectivity index is 2.30. The highest BCUT2D eigenvalue weighted by molar-refractivity contribution is 7.80. The van der Waals surface area contributed by atoms with E-state index in [0.29, 0.717) is 10.9 Å². The van der Waals surface area contributed by atoms with Crippen molar-refractivity contribution < 1.29 is 14.6 Å². The molecule has 0 spiro atoms. The van der Waals surface area contributed by atoms with Crippen LogP contribution in [0.3, 0.4) is 0 Å². The van der Waals surface area contributed by atoms with Crippen molar-refractivity contribution in [2.75, 3.05) is 13.2 Å². The van der Waals surface area contributed by atoms with Crippen LogP contribution >= 0.6 is 12.2 Å². The van der Waals surface area contributed by atoms with E-state index in [1.165, 1.54) is 12.8 Å². The van der Waals surface area contributed by atoms with Crippen molar-refractivity contribution in [1.82, 2.24) is 10.7 Å². The fourth-order valence-corrected chi connectivity index (χ4v) is 1.73. The molecule has 0 heterocycles. The van der Waals surface area contributed by atoms with E-state index in [2.05, 4.69) is 22.8 Å². The second-order valence-electron chi connectivity index (χ2n) is 4.58. The Labute approximate surface area is 135 Å². The monoisotopic (exact) mass is 323 g/mol. The number of rotatable bonds is 9. The van der Waals surface area contributed by atoms with Crippen molar-refractivity contribution >= 4 is 29.5 Å². The molecule has 0 saturated heterocycles. The highest BCUT2D eigenvalue weighted by atomic mass is 32.1. The maximum absolute atomic E-state index is 10.4. The Hall–Kier alpha value is -2.15. The summed E-state index contributed by atoms with van der Waals surface area (Å²) in [6.07, 6.45) is 5.06. The van der Waals surface area contributed by atoms with Crippen LogP contribution in [0.25, 0.3) is 0 Å².